The SMILES string of the molecule is O=C(O)CC(CC(=O)c1ccccc1)c1ccc(O)cc1. The van der Waals surface area contributed by atoms with Gasteiger partial charge in [-0.2, -0.15) is 0 Å². The number of aliphatic carboxylic acids is 1. The fourth-order valence-corrected chi connectivity index (χ4v) is 2.23. The van der Waals surface area contributed by atoms with Crippen LogP contribution in [0.2, 0.25) is 0 Å². The summed E-state index contributed by atoms with van der Waals surface area (Å²) in [6.07, 6.45) is 0.00440. The molecule has 0 aliphatic heterocycles. The average molecular weight is 284 g/mol. The molecule has 0 bridgehead atoms. The molecule has 0 aliphatic carbocycles. The number of carbonyl (C=O) groups is 2. The van der Waals surface area contributed by atoms with Gasteiger partial charge in [-0.1, -0.05) is 42.5 Å². The molecule has 2 aromatic carbocycles. The number of phenolic OH excluding ortho intramolecular Hbond substituents is 1. The highest BCUT2D eigenvalue weighted by atomic mass is 16.4. The number of hydrogen-bond acceptors (Lipinski definition) is 3. The van der Waals surface area contributed by atoms with Crippen LogP contribution >= 0.6 is 0 Å². The van der Waals surface area contributed by atoms with E-state index in [0.29, 0.717) is 5.56 Å². The van der Waals surface area contributed by atoms with Crippen LogP contribution in [0.4, 0.5) is 0 Å². The van der Waals surface area contributed by atoms with Gasteiger partial charge in [0.2, 0.25) is 0 Å². The molecule has 4 heteroatoms. The van der Waals surface area contributed by atoms with Crippen LogP contribution < -0.4 is 0 Å². The van der Waals surface area contributed by atoms with Crippen LogP contribution in [0.25, 0.3) is 0 Å². The Morgan fingerprint density at radius 2 is 1.52 bits per heavy atom. The Kier molecular flexibility index (Phi) is 4.72. The van der Waals surface area contributed by atoms with Crippen LogP contribution in [0.1, 0.15) is 34.7 Å². The van der Waals surface area contributed by atoms with E-state index in [0.717, 1.165) is 5.56 Å². The zero-order valence-electron chi connectivity index (χ0n) is 11.4. The van der Waals surface area contributed by atoms with Gasteiger partial charge in [-0.05, 0) is 17.7 Å². The highest BCUT2D eigenvalue weighted by Gasteiger charge is 2.20. The molecule has 2 rings (SSSR count). The molecule has 0 amide bonds. The fourth-order valence-electron chi connectivity index (χ4n) is 2.23. The topological polar surface area (TPSA) is 74.6 Å². The van der Waals surface area contributed by atoms with E-state index in [4.69, 9.17) is 5.11 Å². The molecule has 0 spiro atoms. The van der Waals surface area contributed by atoms with Gasteiger partial charge in [-0.25, -0.2) is 0 Å². The third-order valence-electron chi connectivity index (χ3n) is 3.31. The van der Waals surface area contributed by atoms with Crippen LogP contribution in [0.5, 0.6) is 5.75 Å². The van der Waals surface area contributed by atoms with E-state index in [2.05, 4.69) is 0 Å². The van der Waals surface area contributed by atoms with E-state index in [1.807, 2.05) is 6.07 Å². The van der Waals surface area contributed by atoms with E-state index < -0.39 is 11.9 Å². The molecule has 21 heavy (non-hydrogen) atoms. The van der Waals surface area contributed by atoms with Gasteiger partial charge >= 0.3 is 5.97 Å². The predicted molar refractivity (Wildman–Crippen MR) is 78.5 cm³/mol. The lowest BCUT2D eigenvalue weighted by Gasteiger charge is -2.14. The maximum Gasteiger partial charge on any atom is 0.303 e. The Hall–Kier alpha value is -2.62. The van der Waals surface area contributed by atoms with Gasteiger partial charge < -0.3 is 10.2 Å². The third-order valence-corrected chi connectivity index (χ3v) is 3.31. The number of phenols is 1. The molecule has 1 unspecified atom stereocenters. The van der Waals surface area contributed by atoms with Gasteiger partial charge in [0.25, 0.3) is 0 Å². The molecule has 108 valence electrons. The summed E-state index contributed by atoms with van der Waals surface area (Å²) in [5.41, 5.74) is 1.31. The van der Waals surface area contributed by atoms with Crippen molar-refractivity contribution in [3.8, 4) is 5.75 Å². The van der Waals surface area contributed by atoms with Gasteiger partial charge in [0.15, 0.2) is 5.78 Å². The second kappa shape index (κ2) is 6.70. The number of carboxylic acid groups (broad SMARTS) is 1. The summed E-state index contributed by atoms with van der Waals surface area (Å²) in [4.78, 5) is 23.2. The minimum atomic E-state index is -0.950. The predicted octanol–water partition coefficient (Wildman–Crippen LogP) is 3.22. The highest BCUT2D eigenvalue weighted by Crippen LogP contribution is 2.27. The fraction of sp³-hybridized carbons (Fsp3) is 0.176. The van der Waals surface area contributed by atoms with E-state index in [-0.39, 0.29) is 24.4 Å². The highest BCUT2D eigenvalue weighted by molar-refractivity contribution is 5.96. The first-order valence-corrected chi connectivity index (χ1v) is 6.65. The lowest BCUT2D eigenvalue weighted by Crippen LogP contribution is -2.12. The molecule has 0 aromatic heterocycles. The second-order valence-corrected chi connectivity index (χ2v) is 4.88. The molecular weight excluding hydrogens is 268 g/mol. The number of Topliss-reactive ketones (excluding diaryl/α,β-unsaturated/α-hetero) is 1. The number of hydrogen-bond donors (Lipinski definition) is 2. The van der Waals surface area contributed by atoms with Gasteiger partial charge in [0.05, 0.1) is 6.42 Å². The molecule has 0 heterocycles. The minimum absolute atomic E-state index is 0.0880. The average Bonchev–Trinajstić information content (AvgIpc) is 2.48. The van der Waals surface area contributed by atoms with Crippen LogP contribution in [0, 0.1) is 0 Å². The summed E-state index contributed by atoms with van der Waals surface area (Å²) >= 11 is 0. The quantitative estimate of drug-likeness (QED) is 0.799. The molecule has 0 saturated carbocycles. The van der Waals surface area contributed by atoms with Crippen molar-refractivity contribution < 1.29 is 19.8 Å². The van der Waals surface area contributed by atoms with Gasteiger partial charge in [-0.15, -0.1) is 0 Å². The lowest BCUT2D eigenvalue weighted by atomic mass is 9.89. The normalized spacial score (nSPS) is 11.8. The van der Waals surface area contributed by atoms with Crippen molar-refractivity contribution in [3.05, 3.63) is 65.7 Å². The summed E-state index contributed by atoms with van der Waals surface area (Å²) in [7, 11) is 0. The number of ketones is 1. The third kappa shape index (κ3) is 4.18. The number of carboxylic acids is 1. The summed E-state index contributed by atoms with van der Waals surface area (Å²) in [6.45, 7) is 0. The van der Waals surface area contributed by atoms with Crippen molar-refractivity contribution in [2.24, 2.45) is 0 Å². The maximum atomic E-state index is 12.2. The zero-order chi connectivity index (χ0) is 15.2. The van der Waals surface area contributed by atoms with E-state index in [9.17, 15) is 14.7 Å². The van der Waals surface area contributed by atoms with Crippen molar-refractivity contribution in [3.63, 3.8) is 0 Å². The van der Waals surface area contributed by atoms with E-state index >= 15 is 0 Å². The molecule has 2 aromatic rings. The monoisotopic (exact) mass is 284 g/mol. The van der Waals surface area contributed by atoms with Gasteiger partial charge in [0.1, 0.15) is 5.75 Å². The van der Waals surface area contributed by atoms with E-state index in [1.54, 1.807) is 36.4 Å². The second-order valence-electron chi connectivity index (χ2n) is 4.88. The van der Waals surface area contributed by atoms with Crippen molar-refractivity contribution in [1.82, 2.24) is 0 Å². The van der Waals surface area contributed by atoms with Crippen LogP contribution in [-0.2, 0) is 4.79 Å². The van der Waals surface area contributed by atoms with Crippen molar-refractivity contribution >= 4 is 11.8 Å². The Balaban J connectivity index is 2.18. The first-order valence-electron chi connectivity index (χ1n) is 6.65. The molecule has 2 N–H and O–H groups in total. The molecule has 0 saturated heterocycles. The maximum absolute atomic E-state index is 12.2. The first-order chi connectivity index (χ1) is 10.1. The Morgan fingerprint density at radius 1 is 0.905 bits per heavy atom. The molecular formula is C17H16O4. The van der Waals surface area contributed by atoms with Gasteiger partial charge in [0, 0.05) is 17.9 Å². The Labute approximate surface area is 122 Å². The largest absolute Gasteiger partial charge is 0.508 e. The minimum Gasteiger partial charge on any atom is -0.508 e. The zero-order valence-corrected chi connectivity index (χ0v) is 11.4. The van der Waals surface area contributed by atoms with Crippen LogP contribution in [0.3, 0.4) is 0 Å². The molecule has 0 fully saturated rings. The van der Waals surface area contributed by atoms with Crippen molar-refractivity contribution in [2.75, 3.05) is 0 Å². The summed E-state index contributed by atoms with van der Waals surface area (Å²) < 4.78 is 0. The van der Waals surface area contributed by atoms with Gasteiger partial charge in [-0.3, -0.25) is 9.59 Å². The summed E-state index contributed by atoms with van der Waals surface area (Å²) in [6, 6.07) is 15.1. The molecule has 4 nitrogen and oxygen atoms in total. The summed E-state index contributed by atoms with van der Waals surface area (Å²) in [5.74, 6) is -1.33. The van der Waals surface area contributed by atoms with Crippen LogP contribution in [0.15, 0.2) is 54.6 Å². The lowest BCUT2D eigenvalue weighted by molar-refractivity contribution is -0.137. The number of carbonyl (C=O) groups excluding carboxylic acids is 1. The molecule has 0 aliphatic rings. The number of aromatic hydroxyl groups is 1. The van der Waals surface area contributed by atoms with Crippen LogP contribution in [-0.4, -0.2) is 22.0 Å². The number of rotatable bonds is 6. The molecule has 1 atom stereocenters. The Morgan fingerprint density at radius 3 is 2.10 bits per heavy atom. The van der Waals surface area contributed by atoms with Crippen molar-refractivity contribution in [2.45, 2.75) is 18.8 Å². The Bertz CT molecular complexity index is 617. The summed E-state index contributed by atoms with van der Waals surface area (Å²) in [5, 5.41) is 18.3. The number of benzene rings is 2. The smallest absolute Gasteiger partial charge is 0.303 e. The molecule has 0 radical (unpaired) electrons. The first kappa shape index (κ1) is 14.8. The standard InChI is InChI=1S/C17H16O4/c18-15-8-6-12(7-9-15)14(11-17(20)21)10-16(19)13-4-2-1-3-5-13/h1-9,14,18H,10-11H2,(H,20,21). The van der Waals surface area contributed by atoms with Crippen molar-refractivity contribution in [1.29, 1.82) is 0 Å². The van der Waals surface area contributed by atoms with E-state index in [1.165, 1.54) is 12.1 Å².